The number of hydrogen-bond donors (Lipinski definition) is 1. The summed E-state index contributed by atoms with van der Waals surface area (Å²) in [7, 11) is 0. The van der Waals surface area contributed by atoms with Gasteiger partial charge in [0.1, 0.15) is 6.23 Å². The second-order valence-corrected chi connectivity index (χ2v) is 3.45. The summed E-state index contributed by atoms with van der Waals surface area (Å²) in [6.07, 6.45) is 0.522. The summed E-state index contributed by atoms with van der Waals surface area (Å²) in [5.74, 6) is 0. The molecule has 2 aliphatic rings. The first kappa shape index (κ1) is 13.1. The molecule has 88 valence electrons. The van der Waals surface area contributed by atoms with Gasteiger partial charge in [0, 0.05) is 47.1 Å². The Morgan fingerprint density at radius 3 is 3.00 bits per heavy atom. The molecule has 2 rings (SSSR count). The first-order chi connectivity index (χ1) is 6.92. The fourth-order valence-corrected chi connectivity index (χ4v) is 1.88. The number of nitriles is 1. The van der Waals surface area contributed by atoms with E-state index in [2.05, 4.69) is 16.3 Å². The van der Waals surface area contributed by atoms with Crippen molar-refractivity contribution in [2.45, 2.75) is 18.9 Å². The van der Waals surface area contributed by atoms with E-state index in [4.69, 9.17) is 14.7 Å². The van der Waals surface area contributed by atoms with Crippen molar-refractivity contribution in [3.8, 4) is 6.07 Å². The van der Waals surface area contributed by atoms with E-state index in [0.717, 1.165) is 19.6 Å². The van der Waals surface area contributed by atoms with Gasteiger partial charge < -0.3 is 9.47 Å². The molecule has 0 amide bonds. The Bertz CT molecular complexity index is 232. The van der Waals surface area contributed by atoms with Crippen molar-refractivity contribution in [2.24, 2.45) is 0 Å². The Hall–Kier alpha value is 0.0183. The van der Waals surface area contributed by atoms with Gasteiger partial charge in [0.25, 0.3) is 0 Å². The summed E-state index contributed by atoms with van der Waals surface area (Å²) >= 11 is 0. The minimum Gasteiger partial charge on any atom is -0.357 e. The first-order valence-corrected chi connectivity index (χ1v) is 4.99. The molecule has 1 N–H and O–H groups in total. The number of rotatable bonds is 2. The van der Waals surface area contributed by atoms with Crippen LogP contribution < -0.4 is 5.32 Å². The van der Waals surface area contributed by atoms with Crippen molar-refractivity contribution in [3.63, 3.8) is 0 Å². The minimum absolute atomic E-state index is 0. The van der Waals surface area contributed by atoms with Crippen LogP contribution in [0.5, 0.6) is 0 Å². The molecule has 0 aromatic carbocycles. The average Bonchev–Trinajstić information content (AvgIpc) is 2.26. The van der Waals surface area contributed by atoms with Gasteiger partial charge >= 0.3 is 0 Å². The van der Waals surface area contributed by atoms with E-state index in [9.17, 15) is 0 Å². The van der Waals surface area contributed by atoms with E-state index in [-0.39, 0.29) is 33.5 Å². The summed E-state index contributed by atoms with van der Waals surface area (Å²) in [6, 6.07) is 2.15. The molecule has 0 bridgehead atoms. The number of ether oxygens (including phenoxy) is 2. The third-order valence-corrected chi connectivity index (χ3v) is 2.54. The molecule has 2 aliphatic heterocycles. The molecule has 2 heterocycles. The fraction of sp³-hybridized carbons (Fsp3) is 0.889. The van der Waals surface area contributed by atoms with Gasteiger partial charge in [-0.05, 0) is 0 Å². The molecule has 0 aromatic rings. The van der Waals surface area contributed by atoms with Crippen LogP contribution in [0.4, 0.5) is 0 Å². The zero-order valence-electron chi connectivity index (χ0n) is 8.42. The Morgan fingerprint density at radius 1 is 1.40 bits per heavy atom. The van der Waals surface area contributed by atoms with Crippen LogP contribution in [0.2, 0.25) is 0 Å². The molecule has 15 heavy (non-hydrogen) atoms. The van der Waals surface area contributed by atoms with Gasteiger partial charge in [-0.15, -0.1) is 0 Å². The molecule has 0 aromatic heterocycles. The van der Waals surface area contributed by atoms with Crippen LogP contribution in [0.15, 0.2) is 0 Å². The average molecular weight is 392 g/mol. The Morgan fingerprint density at radius 2 is 2.20 bits per heavy atom. The number of piperazine rings is 1. The largest absolute Gasteiger partial charge is 0.357 e. The predicted octanol–water partition coefficient (Wildman–Crippen LogP) is -0.498. The maximum absolute atomic E-state index is 8.53. The van der Waals surface area contributed by atoms with Gasteiger partial charge in [-0.1, -0.05) is 0 Å². The number of hydrogen-bond acceptors (Lipinski definition) is 5. The van der Waals surface area contributed by atoms with Crippen LogP contribution in [0.1, 0.15) is 6.42 Å². The topological polar surface area (TPSA) is 57.5 Å². The second-order valence-electron chi connectivity index (χ2n) is 3.45. The maximum Gasteiger partial charge on any atom is 0.150 e. The normalized spacial score (nSPS) is 31.1. The SMILES string of the molecule is N#CCCN1CCNC2OCCOC21.[Pt]. The Kier molecular flexibility index (Phi) is 5.73. The van der Waals surface area contributed by atoms with E-state index < -0.39 is 0 Å². The summed E-state index contributed by atoms with van der Waals surface area (Å²) < 4.78 is 11.2. The molecule has 2 saturated heterocycles. The summed E-state index contributed by atoms with van der Waals surface area (Å²) in [5.41, 5.74) is 0. The zero-order valence-corrected chi connectivity index (χ0v) is 10.7. The van der Waals surface area contributed by atoms with Gasteiger partial charge in [-0.25, -0.2) is 0 Å². The van der Waals surface area contributed by atoms with Crippen molar-refractivity contribution in [1.82, 2.24) is 10.2 Å². The molecule has 5 nitrogen and oxygen atoms in total. The van der Waals surface area contributed by atoms with Crippen molar-refractivity contribution in [1.29, 1.82) is 5.26 Å². The van der Waals surface area contributed by atoms with Crippen LogP contribution >= 0.6 is 0 Å². The Balaban J connectivity index is 0.00000112. The van der Waals surface area contributed by atoms with Gasteiger partial charge in [0.05, 0.1) is 19.3 Å². The minimum atomic E-state index is -0.0174. The summed E-state index contributed by atoms with van der Waals surface area (Å²) in [6.45, 7) is 3.89. The van der Waals surface area contributed by atoms with Gasteiger partial charge in [0.15, 0.2) is 6.23 Å². The predicted molar refractivity (Wildman–Crippen MR) is 49.3 cm³/mol. The second kappa shape index (κ2) is 6.57. The Labute approximate surface area is 104 Å². The van der Waals surface area contributed by atoms with Gasteiger partial charge in [0.2, 0.25) is 0 Å². The zero-order chi connectivity index (χ0) is 9.80. The van der Waals surface area contributed by atoms with Crippen molar-refractivity contribution >= 4 is 0 Å². The number of nitrogens with one attached hydrogen (secondary N) is 1. The number of nitrogens with zero attached hydrogens (tertiary/aromatic N) is 2. The molecule has 0 spiro atoms. The molecule has 2 unspecified atom stereocenters. The van der Waals surface area contributed by atoms with E-state index >= 15 is 0 Å². The van der Waals surface area contributed by atoms with E-state index in [1.54, 1.807) is 0 Å². The quantitative estimate of drug-likeness (QED) is 0.687. The van der Waals surface area contributed by atoms with Crippen LogP contribution in [0.25, 0.3) is 0 Å². The smallest absolute Gasteiger partial charge is 0.150 e. The first-order valence-electron chi connectivity index (χ1n) is 4.99. The standard InChI is InChI=1S/C9H15N3O2.Pt/c10-2-1-4-12-5-3-11-8-9(12)14-7-6-13-8;/h8-9,11H,1,3-7H2;. The van der Waals surface area contributed by atoms with E-state index in [1.165, 1.54) is 0 Å². The molecule has 0 aliphatic carbocycles. The summed E-state index contributed by atoms with van der Waals surface area (Å²) in [5, 5.41) is 11.8. The maximum atomic E-state index is 8.53. The third-order valence-electron chi connectivity index (χ3n) is 2.54. The van der Waals surface area contributed by atoms with Crippen molar-refractivity contribution in [2.75, 3.05) is 32.8 Å². The summed E-state index contributed by atoms with van der Waals surface area (Å²) in [4.78, 5) is 2.17. The number of fused-ring (bicyclic) bond motifs is 1. The fourth-order valence-electron chi connectivity index (χ4n) is 1.88. The van der Waals surface area contributed by atoms with E-state index in [0.29, 0.717) is 19.6 Å². The third kappa shape index (κ3) is 3.23. The molecule has 6 heteroatoms. The molecular formula is C9H15N3O2Pt. The van der Waals surface area contributed by atoms with E-state index in [1.807, 2.05) is 0 Å². The molecule has 0 saturated carbocycles. The van der Waals surface area contributed by atoms with Crippen LogP contribution in [0.3, 0.4) is 0 Å². The van der Waals surface area contributed by atoms with Crippen LogP contribution in [-0.4, -0.2) is 50.2 Å². The van der Waals surface area contributed by atoms with Crippen molar-refractivity contribution < 1.29 is 30.5 Å². The molecule has 2 atom stereocenters. The molecular weight excluding hydrogens is 377 g/mol. The monoisotopic (exact) mass is 392 g/mol. The molecule has 0 radical (unpaired) electrons. The van der Waals surface area contributed by atoms with Crippen molar-refractivity contribution in [3.05, 3.63) is 0 Å². The molecule has 2 fully saturated rings. The van der Waals surface area contributed by atoms with Crippen LogP contribution in [0, 0.1) is 11.3 Å². The van der Waals surface area contributed by atoms with Crippen LogP contribution in [-0.2, 0) is 30.5 Å². The van der Waals surface area contributed by atoms with Gasteiger partial charge in [-0.3, -0.25) is 10.2 Å². The van der Waals surface area contributed by atoms with Gasteiger partial charge in [-0.2, -0.15) is 5.26 Å².